The molecule has 132 valence electrons. The Morgan fingerprint density at radius 3 is 2.92 bits per heavy atom. The number of carbonyl (C=O) groups excluding carboxylic acids is 2. The Morgan fingerprint density at radius 1 is 1.33 bits per heavy atom. The van der Waals surface area contributed by atoms with Crippen LogP contribution in [0.4, 0.5) is 5.13 Å². The summed E-state index contributed by atoms with van der Waals surface area (Å²) in [5.74, 6) is 1.44. The zero-order valence-electron chi connectivity index (χ0n) is 14.2. The first-order valence-corrected chi connectivity index (χ1v) is 11.7. The van der Waals surface area contributed by atoms with Crippen molar-refractivity contribution in [2.24, 2.45) is 5.41 Å². The molecule has 0 radical (unpaired) electrons. The molecule has 1 atom stereocenters. The highest BCUT2D eigenvalue weighted by Gasteiger charge is 2.34. The Kier molecular flexibility index (Phi) is 5.93. The van der Waals surface area contributed by atoms with Gasteiger partial charge in [0.2, 0.25) is 5.91 Å². The number of thiazole rings is 1. The zero-order chi connectivity index (χ0) is 17.2. The SMILES string of the molecule is CC1(C)CC(=O)c2sc(NC(=O)CCCCC3CCSS3)nc2C1. The summed E-state index contributed by atoms with van der Waals surface area (Å²) in [7, 11) is 3.96. The van der Waals surface area contributed by atoms with E-state index in [0.29, 0.717) is 18.0 Å². The van der Waals surface area contributed by atoms with Crippen LogP contribution >= 0.6 is 32.9 Å². The van der Waals surface area contributed by atoms with Gasteiger partial charge in [0.25, 0.3) is 0 Å². The van der Waals surface area contributed by atoms with Gasteiger partial charge in [0.05, 0.1) is 10.6 Å². The molecule has 2 aliphatic rings. The molecule has 2 heterocycles. The maximum absolute atomic E-state index is 12.2. The van der Waals surface area contributed by atoms with Gasteiger partial charge in [-0.1, -0.05) is 53.2 Å². The molecule has 0 spiro atoms. The van der Waals surface area contributed by atoms with E-state index in [0.717, 1.165) is 35.1 Å². The molecule has 1 fully saturated rings. The quantitative estimate of drug-likeness (QED) is 0.555. The summed E-state index contributed by atoms with van der Waals surface area (Å²) >= 11 is 1.33. The highest BCUT2D eigenvalue weighted by molar-refractivity contribution is 8.77. The summed E-state index contributed by atoms with van der Waals surface area (Å²) in [4.78, 5) is 29.5. The van der Waals surface area contributed by atoms with Crippen molar-refractivity contribution >= 4 is 49.7 Å². The fourth-order valence-corrected chi connectivity index (χ4v) is 7.14. The molecule has 1 amide bonds. The topological polar surface area (TPSA) is 59.1 Å². The summed E-state index contributed by atoms with van der Waals surface area (Å²) in [5.41, 5.74) is 0.822. The van der Waals surface area contributed by atoms with Crippen molar-refractivity contribution in [3.8, 4) is 0 Å². The van der Waals surface area contributed by atoms with Gasteiger partial charge in [0.15, 0.2) is 10.9 Å². The molecule has 4 nitrogen and oxygen atoms in total. The van der Waals surface area contributed by atoms with Gasteiger partial charge in [0, 0.05) is 23.8 Å². The highest BCUT2D eigenvalue weighted by Crippen LogP contribution is 2.40. The summed E-state index contributed by atoms with van der Waals surface area (Å²) < 4.78 is 0. The van der Waals surface area contributed by atoms with Gasteiger partial charge in [-0.05, 0) is 31.1 Å². The number of hydrogen-bond donors (Lipinski definition) is 1. The monoisotopic (exact) mass is 384 g/mol. The lowest BCUT2D eigenvalue weighted by Crippen LogP contribution is -2.26. The normalized spacial score (nSPS) is 22.4. The van der Waals surface area contributed by atoms with Crippen LogP contribution in [0, 0.1) is 5.41 Å². The number of aromatic nitrogens is 1. The van der Waals surface area contributed by atoms with Crippen molar-refractivity contribution < 1.29 is 9.59 Å². The van der Waals surface area contributed by atoms with Crippen LogP contribution < -0.4 is 5.32 Å². The number of nitrogens with one attached hydrogen (secondary N) is 1. The van der Waals surface area contributed by atoms with E-state index in [9.17, 15) is 9.59 Å². The van der Waals surface area contributed by atoms with Crippen LogP contribution in [0.1, 0.15) is 67.7 Å². The van der Waals surface area contributed by atoms with Crippen molar-refractivity contribution in [1.29, 1.82) is 0 Å². The maximum Gasteiger partial charge on any atom is 0.226 e. The minimum atomic E-state index is -0.0318. The van der Waals surface area contributed by atoms with Crippen LogP contribution in [0.5, 0.6) is 0 Å². The molecule has 1 N–H and O–H groups in total. The number of unbranched alkanes of at least 4 members (excludes halogenated alkanes) is 1. The zero-order valence-corrected chi connectivity index (χ0v) is 16.7. The highest BCUT2D eigenvalue weighted by atomic mass is 33.1. The van der Waals surface area contributed by atoms with Gasteiger partial charge in [-0.3, -0.25) is 9.59 Å². The molecule has 1 aromatic rings. The number of carbonyl (C=O) groups is 2. The first-order valence-electron chi connectivity index (χ1n) is 8.54. The van der Waals surface area contributed by atoms with Gasteiger partial charge in [-0.15, -0.1) is 0 Å². The minimum Gasteiger partial charge on any atom is -0.302 e. The average Bonchev–Trinajstić information content (AvgIpc) is 3.12. The molecule has 1 aliphatic carbocycles. The minimum absolute atomic E-state index is 0.0151. The van der Waals surface area contributed by atoms with E-state index in [1.54, 1.807) is 0 Å². The number of amides is 1. The smallest absolute Gasteiger partial charge is 0.226 e. The van der Waals surface area contributed by atoms with Crippen molar-refractivity contribution in [3.05, 3.63) is 10.6 Å². The largest absolute Gasteiger partial charge is 0.302 e. The standard InChI is InChI=1S/C17H24N2O2S3/c1-17(2)9-12-15(13(20)10-17)23-16(18-12)19-14(21)6-4-3-5-11-7-8-22-24-11/h11H,3-10H2,1-2H3,(H,18,19,21). The predicted octanol–water partition coefficient (Wildman–Crippen LogP) is 4.95. The van der Waals surface area contributed by atoms with Gasteiger partial charge < -0.3 is 5.32 Å². The molecule has 1 aromatic heterocycles. The van der Waals surface area contributed by atoms with Crippen LogP contribution in [0.15, 0.2) is 0 Å². The molecule has 1 aliphatic heterocycles. The Labute approximate surface area is 155 Å². The number of hydrogen-bond acceptors (Lipinski definition) is 6. The van der Waals surface area contributed by atoms with Gasteiger partial charge >= 0.3 is 0 Å². The second-order valence-corrected chi connectivity index (χ2v) is 11.1. The van der Waals surface area contributed by atoms with Crippen LogP contribution in [-0.2, 0) is 11.2 Å². The van der Waals surface area contributed by atoms with Gasteiger partial charge in [-0.25, -0.2) is 4.98 Å². The number of rotatable bonds is 6. The number of nitrogens with zero attached hydrogens (tertiary/aromatic N) is 1. The van der Waals surface area contributed by atoms with Crippen molar-refractivity contribution in [2.75, 3.05) is 11.1 Å². The number of ketones is 1. The Bertz CT molecular complexity index is 621. The molecular weight excluding hydrogens is 360 g/mol. The van der Waals surface area contributed by atoms with E-state index < -0.39 is 0 Å². The number of Topliss-reactive ketones (excluding diaryl/α,β-unsaturated/α-hetero) is 1. The third-order valence-electron chi connectivity index (χ3n) is 4.39. The molecule has 0 aromatic carbocycles. The molecule has 24 heavy (non-hydrogen) atoms. The Balaban J connectivity index is 1.46. The molecular formula is C17H24N2O2S3. The van der Waals surface area contributed by atoms with Gasteiger partial charge in [0.1, 0.15) is 0 Å². The molecule has 7 heteroatoms. The Hall–Kier alpha value is -0.530. The van der Waals surface area contributed by atoms with Crippen molar-refractivity contribution in [1.82, 2.24) is 4.98 Å². The predicted molar refractivity (Wildman–Crippen MR) is 104 cm³/mol. The molecule has 0 saturated carbocycles. The van der Waals surface area contributed by atoms with Crippen LogP contribution in [0.2, 0.25) is 0 Å². The maximum atomic E-state index is 12.2. The molecule has 1 saturated heterocycles. The van der Waals surface area contributed by atoms with Crippen molar-refractivity contribution in [3.63, 3.8) is 0 Å². The Morgan fingerprint density at radius 2 is 2.17 bits per heavy atom. The third kappa shape index (κ3) is 4.76. The van der Waals surface area contributed by atoms with E-state index in [-0.39, 0.29) is 17.1 Å². The van der Waals surface area contributed by atoms with E-state index in [1.165, 1.54) is 29.9 Å². The second-order valence-electron chi connectivity index (χ2n) is 7.36. The van der Waals surface area contributed by atoms with E-state index in [4.69, 9.17) is 0 Å². The number of anilines is 1. The fraction of sp³-hybridized carbons (Fsp3) is 0.706. The number of fused-ring (bicyclic) bond motifs is 1. The third-order valence-corrected chi connectivity index (χ3v) is 8.45. The van der Waals surface area contributed by atoms with Crippen LogP contribution in [0.25, 0.3) is 0 Å². The first-order chi connectivity index (χ1) is 11.4. The van der Waals surface area contributed by atoms with Crippen LogP contribution in [0.3, 0.4) is 0 Å². The van der Waals surface area contributed by atoms with E-state index in [2.05, 4.69) is 24.1 Å². The lowest BCUT2D eigenvalue weighted by Gasteiger charge is -2.26. The van der Waals surface area contributed by atoms with Gasteiger partial charge in [-0.2, -0.15) is 0 Å². The summed E-state index contributed by atoms with van der Waals surface area (Å²) in [6.45, 7) is 4.18. The first kappa shape index (κ1) is 18.3. The lowest BCUT2D eigenvalue weighted by molar-refractivity contribution is -0.116. The van der Waals surface area contributed by atoms with Crippen LogP contribution in [-0.4, -0.2) is 27.7 Å². The van der Waals surface area contributed by atoms with Crippen molar-refractivity contribution in [2.45, 2.75) is 64.0 Å². The average molecular weight is 385 g/mol. The molecule has 3 rings (SSSR count). The van der Waals surface area contributed by atoms with E-state index >= 15 is 0 Å². The summed E-state index contributed by atoms with van der Waals surface area (Å²) in [6.07, 6.45) is 6.44. The molecule has 1 unspecified atom stereocenters. The second kappa shape index (κ2) is 7.79. The molecule has 0 bridgehead atoms. The van der Waals surface area contributed by atoms with E-state index in [1.807, 2.05) is 21.6 Å². The summed E-state index contributed by atoms with van der Waals surface area (Å²) in [5, 5.41) is 4.24. The lowest BCUT2D eigenvalue weighted by atomic mass is 9.78. The fourth-order valence-electron chi connectivity index (χ4n) is 3.18. The summed E-state index contributed by atoms with van der Waals surface area (Å²) in [6, 6.07) is 0.